The van der Waals surface area contributed by atoms with E-state index in [1.807, 2.05) is 36.4 Å². The molecule has 0 bridgehead atoms. The van der Waals surface area contributed by atoms with E-state index >= 15 is 0 Å². The zero-order valence-electron chi connectivity index (χ0n) is 21.7. The third-order valence-electron chi connectivity index (χ3n) is 6.16. The summed E-state index contributed by atoms with van der Waals surface area (Å²) in [6.45, 7) is 1.60. The van der Waals surface area contributed by atoms with Crippen molar-refractivity contribution in [1.82, 2.24) is 9.97 Å². The van der Waals surface area contributed by atoms with Gasteiger partial charge in [-0.2, -0.15) is 0 Å². The molecule has 10 heteroatoms. The van der Waals surface area contributed by atoms with Crippen LogP contribution in [0.1, 0.15) is 11.1 Å². The molecule has 0 unspecified atom stereocenters. The quantitative estimate of drug-likeness (QED) is 0.253. The van der Waals surface area contributed by atoms with E-state index in [2.05, 4.69) is 15.3 Å². The molecule has 5 rings (SSSR count). The van der Waals surface area contributed by atoms with Gasteiger partial charge in [-0.25, -0.2) is 9.97 Å². The molecule has 0 saturated carbocycles. The number of halogens is 1. The monoisotopic (exact) mass is 549 g/mol. The lowest BCUT2D eigenvalue weighted by Gasteiger charge is -2.23. The Balaban J connectivity index is 1.36. The van der Waals surface area contributed by atoms with Crippen LogP contribution in [0.25, 0.3) is 10.9 Å². The maximum atomic E-state index is 12.7. The number of carbonyl (C=O) groups is 1. The molecule has 39 heavy (non-hydrogen) atoms. The molecule has 1 aliphatic heterocycles. The Labute approximate surface area is 231 Å². The summed E-state index contributed by atoms with van der Waals surface area (Å²) in [6, 6.07) is 14.8. The summed E-state index contributed by atoms with van der Waals surface area (Å²) in [7, 11) is 3.22. The van der Waals surface area contributed by atoms with Gasteiger partial charge in [0.25, 0.3) is 0 Å². The molecule has 202 valence electrons. The highest BCUT2D eigenvalue weighted by atomic mass is 35.5. The first kappa shape index (κ1) is 26.5. The third kappa shape index (κ3) is 6.16. The van der Waals surface area contributed by atoms with E-state index < -0.39 is 0 Å². The number of hydrogen-bond donors (Lipinski definition) is 1. The fraction of sp³-hybridized carbons (Fsp3) is 0.276. The molecule has 3 aromatic carbocycles. The second-order valence-corrected chi connectivity index (χ2v) is 9.27. The zero-order chi connectivity index (χ0) is 27.2. The van der Waals surface area contributed by atoms with Gasteiger partial charge in [-0.05, 0) is 35.4 Å². The second-order valence-electron chi connectivity index (χ2n) is 8.86. The van der Waals surface area contributed by atoms with Crippen LogP contribution in [0.3, 0.4) is 0 Å². The van der Waals surface area contributed by atoms with Gasteiger partial charge in [0, 0.05) is 36.7 Å². The topological polar surface area (TPSA) is 101 Å². The van der Waals surface area contributed by atoms with Crippen LogP contribution < -0.4 is 24.3 Å². The number of aromatic nitrogens is 2. The molecule has 1 aliphatic rings. The summed E-state index contributed by atoms with van der Waals surface area (Å²) in [5.74, 6) is 2.86. The van der Waals surface area contributed by atoms with Crippen molar-refractivity contribution in [2.75, 3.05) is 46.0 Å². The van der Waals surface area contributed by atoms with Gasteiger partial charge in [0.05, 0.1) is 24.6 Å². The summed E-state index contributed by atoms with van der Waals surface area (Å²) < 4.78 is 28.1. The van der Waals surface area contributed by atoms with Crippen molar-refractivity contribution < 1.29 is 28.5 Å². The van der Waals surface area contributed by atoms with Crippen LogP contribution in [-0.4, -0.2) is 56.4 Å². The Bertz CT molecular complexity index is 1500. The average Bonchev–Trinajstić information content (AvgIpc) is 2.95. The predicted molar refractivity (Wildman–Crippen MR) is 148 cm³/mol. The number of rotatable bonds is 11. The third-order valence-corrected chi connectivity index (χ3v) is 6.51. The molecule has 9 nitrogen and oxygen atoms in total. The van der Waals surface area contributed by atoms with E-state index in [1.54, 1.807) is 26.4 Å². The SMILES string of the molecule is COCCOc1cc2ncnc(Nc3ccc(CC(=O)Cc4cccc(OC)c4)c(Cl)c3)c2c2c1OCCO2. The largest absolute Gasteiger partial charge is 0.497 e. The van der Waals surface area contributed by atoms with Crippen molar-refractivity contribution in [2.45, 2.75) is 12.8 Å². The number of ether oxygens (including phenoxy) is 5. The Morgan fingerprint density at radius 2 is 1.85 bits per heavy atom. The summed E-state index contributed by atoms with van der Waals surface area (Å²) >= 11 is 6.59. The van der Waals surface area contributed by atoms with Crippen LogP contribution in [0.4, 0.5) is 11.5 Å². The number of nitrogens with one attached hydrogen (secondary N) is 1. The van der Waals surface area contributed by atoms with Crippen molar-refractivity contribution in [1.29, 1.82) is 0 Å². The molecule has 0 radical (unpaired) electrons. The van der Waals surface area contributed by atoms with Gasteiger partial charge < -0.3 is 29.0 Å². The van der Waals surface area contributed by atoms with Crippen molar-refractivity contribution in [3.8, 4) is 23.0 Å². The second kappa shape index (κ2) is 12.2. The van der Waals surface area contributed by atoms with E-state index in [-0.39, 0.29) is 12.2 Å². The van der Waals surface area contributed by atoms with Gasteiger partial charge >= 0.3 is 0 Å². The van der Waals surface area contributed by atoms with E-state index in [0.717, 1.165) is 16.9 Å². The van der Waals surface area contributed by atoms with Crippen molar-refractivity contribution in [3.05, 3.63) is 71.0 Å². The Hall–Kier alpha value is -4.08. The minimum atomic E-state index is 0.0555. The highest BCUT2D eigenvalue weighted by molar-refractivity contribution is 6.31. The van der Waals surface area contributed by atoms with Gasteiger partial charge in [0.2, 0.25) is 5.75 Å². The first-order chi connectivity index (χ1) is 19.1. The highest BCUT2D eigenvalue weighted by Gasteiger charge is 2.24. The number of hydrogen-bond acceptors (Lipinski definition) is 9. The smallest absolute Gasteiger partial charge is 0.204 e. The number of Topliss-reactive ketones (excluding diaryl/α,β-unsaturated/α-hetero) is 1. The van der Waals surface area contributed by atoms with Crippen LogP contribution >= 0.6 is 11.6 Å². The number of carbonyl (C=O) groups excluding carboxylic acids is 1. The zero-order valence-corrected chi connectivity index (χ0v) is 22.4. The summed E-state index contributed by atoms with van der Waals surface area (Å²) in [5.41, 5.74) is 2.98. The Morgan fingerprint density at radius 1 is 1.00 bits per heavy atom. The fourth-order valence-electron chi connectivity index (χ4n) is 4.34. The molecule has 0 spiro atoms. The Morgan fingerprint density at radius 3 is 2.64 bits per heavy atom. The maximum Gasteiger partial charge on any atom is 0.204 e. The first-order valence-electron chi connectivity index (χ1n) is 12.4. The fourth-order valence-corrected chi connectivity index (χ4v) is 4.58. The van der Waals surface area contributed by atoms with Crippen LogP contribution in [0, 0.1) is 0 Å². The molecule has 1 aromatic heterocycles. The molecular weight excluding hydrogens is 522 g/mol. The van der Waals surface area contributed by atoms with E-state index in [9.17, 15) is 4.79 Å². The lowest BCUT2D eigenvalue weighted by molar-refractivity contribution is -0.117. The van der Waals surface area contributed by atoms with Crippen LogP contribution in [0.15, 0.2) is 54.9 Å². The van der Waals surface area contributed by atoms with Crippen molar-refractivity contribution in [3.63, 3.8) is 0 Å². The van der Waals surface area contributed by atoms with Gasteiger partial charge in [0.1, 0.15) is 43.5 Å². The number of anilines is 2. The van der Waals surface area contributed by atoms with E-state index in [4.69, 9.17) is 35.3 Å². The molecular formula is C29H28ClN3O6. The molecule has 1 N–H and O–H groups in total. The number of ketones is 1. The molecule has 0 amide bonds. The molecule has 0 fully saturated rings. The summed E-state index contributed by atoms with van der Waals surface area (Å²) in [4.78, 5) is 21.6. The van der Waals surface area contributed by atoms with Crippen molar-refractivity contribution >= 4 is 39.8 Å². The lowest BCUT2D eigenvalue weighted by atomic mass is 10.0. The lowest BCUT2D eigenvalue weighted by Crippen LogP contribution is -2.17. The minimum absolute atomic E-state index is 0.0555. The molecule has 2 heterocycles. The van der Waals surface area contributed by atoms with Gasteiger partial charge in [-0.3, -0.25) is 4.79 Å². The number of methoxy groups -OCH3 is 2. The Kier molecular flexibility index (Phi) is 8.29. The minimum Gasteiger partial charge on any atom is -0.497 e. The van der Waals surface area contributed by atoms with Gasteiger partial charge in [-0.1, -0.05) is 29.8 Å². The maximum absolute atomic E-state index is 12.7. The van der Waals surface area contributed by atoms with E-state index in [1.165, 1.54) is 6.33 Å². The number of fused-ring (bicyclic) bond motifs is 3. The van der Waals surface area contributed by atoms with E-state index in [0.29, 0.717) is 77.5 Å². The van der Waals surface area contributed by atoms with Crippen LogP contribution in [-0.2, 0) is 22.4 Å². The highest BCUT2D eigenvalue weighted by Crippen LogP contribution is 2.47. The van der Waals surface area contributed by atoms with Gasteiger partial charge in [-0.15, -0.1) is 0 Å². The molecule has 0 aliphatic carbocycles. The van der Waals surface area contributed by atoms with Crippen molar-refractivity contribution in [2.24, 2.45) is 0 Å². The normalized spacial score (nSPS) is 12.3. The number of nitrogens with zero attached hydrogens (tertiary/aromatic N) is 2. The van der Waals surface area contributed by atoms with Gasteiger partial charge in [0.15, 0.2) is 11.5 Å². The predicted octanol–water partition coefficient (Wildman–Crippen LogP) is 5.19. The average molecular weight is 550 g/mol. The number of benzene rings is 3. The standard InChI is InChI=1S/C29H28ClN3O6/c1-35-8-9-37-25-16-24-26(28-27(25)38-10-11-39-28)29(32-17-31-24)33-20-7-6-19(23(30)15-20)14-21(34)12-18-4-3-5-22(13-18)36-2/h3-7,13,15-17H,8-12,14H2,1-2H3,(H,31,32,33). The summed E-state index contributed by atoms with van der Waals surface area (Å²) in [6.07, 6.45) is 1.98. The molecule has 4 aromatic rings. The van der Waals surface area contributed by atoms with Crippen LogP contribution in [0.5, 0.6) is 23.0 Å². The molecule has 0 atom stereocenters. The first-order valence-corrected chi connectivity index (χ1v) is 12.8. The summed E-state index contributed by atoms with van der Waals surface area (Å²) in [5, 5.41) is 4.46. The molecule has 0 saturated heterocycles. The van der Waals surface area contributed by atoms with Crippen LogP contribution in [0.2, 0.25) is 5.02 Å².